The molecule has 0 spiro atoms. The zero-order chi connectivity index (χ0) is 29.1. The lowest BCUT2D eigenvalue weighted by Gasteiger charge is -2.14. The topological polar surface area (TPSA) is 169 Å². The van der Waals surface area contributed by atoms with E-state index in [4.69, 9.17) is 18.9 Å². The fourth-order valence-electron chi connectivity index (χ4n) is 3.30. The summed E-state index contributed by atoms with van der Waals surface area (Å²) in [4.78, 5) is 12.1. The molecular formula is C28H30O11S. The van der Waals surface area contributed by atoms with Crippen molar-refractivity contribution in [1.29, 1.82) is 0 Å². The molecule has 11 nitrogen and oxygen atoms in total. The van der Waals surface area contributed by atoms with Crippen molar-refractivity contribution in [2.24, 2.45) is 0 Å². The molecule has 2 unspecified atom stereocenters. The van der Waals surface area contributed by atoms with Crippen LogP contribution in [0.1, 0.15) is 10.4 Å². The van der Waals surface area contributed by atoms with Crippen LogP contribution in [-0.2, 0) is 19.3 Å². The van der Waals surface area contributed by atoms with E-state index in [1.165, 1.54) is 48.5 Å². The molecule has 0 fully saturated rings. The Morgan fingerprint density at radius 2 is 1.25 bits per heavy atom. The van der Waals surface area contributed by atoms with Gasteiger partial charge in [0.05, 0.1) is 28.6 Å². The van der Waals surface area contributed by atoms with Crippen molar-refractivity contribution in [1.82, 2.24) is 0 Å². The van der Waals surface area contributed by atoms with E-state index in [2.05, 4.69) is 6.58 Å². The number of aliphatic hydroxyl groups is 2. The molecule has 0 bridgehead atoms. The monoisotopic (exact) mass is 574 g/mol. The molecule has 0 aliphatic heterocycles. The quantitative estimate of drug-likeness (QED) is 0.119. The second kappa shape index (κ2) is 14.3. The van der Waals surface area contributed by atoms with E-state index in [1.54, 1.807) is 6.08 Å². The highest BCUT2D eigenvalue weighted by Gasteiger charge is 2.19. The van der Waals surface area contributed by atoms with Gasteiger partial charge in [-0.2, -0.15) is 0 Å². The fraction of sp³-hybridized carbons (Fsp3) is 0.250. The van der Waals surface area contributed by atoms with Crippen molar-refractivity contribution < 1.29 is 52.6 Å². The van der Waals surface area contributed by atoms with Crippen LogP contribution in [0.15, 0.2) is 89.2 Å². The van der Waals surface area contributed by atoms with Crippen LogP contribution in [0.25, 0.3) is 0 Å². The summed E-state index contributed by atoms with van der Waals surface area (Å²) in [5.41, 5.74) is -0.0895. The van der Waals surface area contributed by atoms with E-state index < -0.39 is 34.6 Å². The molecule has 3 aromatic rings. The minimum atomic E-state index is -3.83. The van der Waals surface area contributed by atoms with Crippen molar-refractivity contribution >= 4 is 15.8 Å². The maximum absolute atomic E-state index is 13.0. The first-order valence-corrected chi connectivity index (χ1v) is 13.5. The molecule has 3 rings (SSSR count). The lowest BCUT2D eigenvalue weighted by atomic mass is 10.2. The summed E-state index contributed by atoms with van der Waals surface area (Å²) >= 11 is 0. The van der Waals surface area contributed by atoms with Crippen LogP contribution in [0.4, 0.5) is 0 Å². The van der Waals surface area contributed by atoms with Gasteiger partial charge in [0.2, 0.25) is 9.84 Å². The Morgan fingerprint density at radius 3 is 1.73 bits per heavy atom. The summed E-state index contributed by atoms with van der Waals surface area (Å²) in [5.74, 6) is -0.822. The zero-order valence-corrected chi connectivity index (χ0v) is 22.2. The molecule has 40 heavy (non-hydrogen) atoms. The second-order valence-corrected chi connectivity index (χ2v) is 10.5. The van der Waals surface area contributed by atoms with Gasteiger partial charge in [0.15, 0.2) is 0 Å². The van der Waals surface area contributed by atoms with Gasteiger partial charge in [-0.15, -0.1) is 6.58 Å². The molecular weight excluding hydrogens is 544 g/mol. The summed E-state index contributed by atoms with van der Waals surface area (Å²) in [6.07, 6.45) is -0.476. The molecule has 3 aromatic carbocycles. The lowest BCUT2D eigenvalue weighted by Crippen LogP contribution is -2.25. The van der Waals surface area contributed by atoms with E-state index >= 15 is 0 Å². The van der Waals surface area contributed by atoms with Crippen molar-refractivity contribution in [2.45, 2.75) is 22.0 Å². The lowest BCUT2D eigenvalue weighted by molar-refractivity contribution is 0.0130. The maximum atomic E-state index is 13.0. The summed E-state index contributed by atoms with van der Waals surface area (Å²) in [7, 11) is -3.83. The summed E-state index contributed by atoms with van der Waals surface area (Å²) in [6, 6.07) is 14.6. The Kier molecular flexibility index (Phi) is 10.9. The van der Waals surface area contributed by atoms with Crippen molar-refractivity contribution in [3.05, 3.63) is 84.9 Å². The van der Waals surface area contributed by atoms with Gasteiger partial charge in [0, 0.05) is 6.07 Å². The highest BCUT2D eigenvalue weighted by atomic mass is 32.2. The van der Waals surface area contributed by atoms with Crippen LogP contribution in [0.3, 0.4) is 0 Å². The number of phenols is 2. The van der Waals surface area contributed by atoms with Crippen LogP contribution in [-0.4, -0.2) is 80.1 Å². The average Bonchev–Trinajstić information content (AvgIpc) is 2.93. The maximum Gasteiger partial charge on any atom is 0.338 e. The Bertz CT molecular complexity index is 1350. The van der Waals surface area contributed by atoms with Crippen LogP contribution in [0, 0.1) is 0 Å². The predicted octanol–water partition coefficient (Wildman–Crippen LogP) is 2.47. The van der Waals surface area contributed by atoms with E-state index in [1.807, 2.05) is 0 Å². The smallest absolute Gasteiger partial charge is 0.338 e. The van der Waals surface area contributed by atoms with Crippen LogP contribution >= 0.6 is 0 Å². The summed E-state index contributed by atoms with van der Waals surface area (Å²) < 4.78 is 47.0. The number of carbonyl (C=O) groups is 1. The molecule has 0 aliphatic rings. The third-order valence-corrected chi connectivity index (χ3v) is 7.03. The predicted molar refractivity (Wildman–Crippen MR) is 142 cm³/mol. The van der Waals surface area contributed by atoms with E-state index in [9.17, 15) is 33.6 Å². The standard InChI is InChI=1S/C28H30O11S/c1-2-11-36-15-22(31)16-37-24-3-7-26(8-4-24)40(34,35)27-9-5-25(6-10-27)38-17-23(32)18-39-28(33)19-12-20(29)14-21(30)13-19/h2-10,12-14,22-23,29-32H,1,11,15-18H2. The third kappa shape index (κ3) is 8.99. The van der Waals surface area contributed by atoms with Gasteiger partial charge in [-0.1, -0.05) is 6.08 Å². The number of phenolic OH excluding ortho intramolecular Hbond substituents is 2. The number of sulfone groups is 1. The number of aliphatic hydroxyl groups excluding tert-OH is 2. The largest absolute Gasteiger partial charge is 0.508 e. The molecule has 214 valence electrons. The van der Waals surface area contributed by atoms with Gasteiger partial charge in [0.25, 0.3) is 0 Å². The molecule has 2 atom stereocenters. The van der Waals surface area contributed by atoms with Gasteiger partial charge >= 0.3 is 5.97 Å². The number of ether oxygens (including phenoxy) is 4. The number of esters is 1. The SMILES string of the molecule is C=CCOCC(O)COc1ccc(S(=O)(=O)c2ccc(OCC(O)COC(=O)c3cc(O)cc(O)c3)cc2)cc1. The number of hydrogen-bond donors (Lipinski definition) is 4. The molecule has 4 N–H and O–H groups in total. The van der Waals surface area contributed by atoms with Gasteiger partial charge in [-0.05, 0) is 60.7 Å². The molecule has 0 saturated heterocycles. The Balaban J connectivity index is 1.48. The van der Waals surface area contributed by atoms with Gasteiger partial charge in [-0.25, -0.2) is 13.2 Å². The Morgan fingerprint density at radius 1 is 0.775 bits per heavy atom. The molecule has 0 aromatic heterocycles. The second-order valence-electron chi connectivity index (χ2n) is 8.54. The Hall–Kier alpha value is -4.10. The number of benzene rings is 3. The number of rotatable bonds is 15. The van der Waals surface area contributed by atoms with Crippen LogP contribution in [0.2, 0.25) is 0 Å². The first-order valence-electron chi connectivity index (χ1n) is 12.0. The number of aromatic hydroxyl groups is 2. The first kappa shape index (κ1) is 30.4. The minimum Gasteiger partial charge on any atom is -0.508 e. The summed E-state index contributed by atoms with van der Waals surface area (Å²) in [5, 5.41) is 38.8. The van der Waals surface area contributed by atoms with Crippen LogP contribution in [0.5, 0.6) is 23.0 Å². The molecule has 0 aliphatic carbocycles. The highest BCUT2D eigenvalue weighted by molar-refractivity contribution is 7.91. The normalized spacial score (nSPS) is 12.8. The zero-order valence-electron chi connectivity index (χ0n) is 21.4. The average molecular weight is 575 g/mol. The molecule has 0 radical (unpaired) electrons. The highest BCUT2D eigenvalue weighted by Crippen LogP contribution is 2.25. The van der Waals surface area contributed by atoms with Crippen molar-refractivity contribution in [2.75, 3.05) is 33.0 Å². The number of carbonyl (C=O) groups excluding carboxylic acids is 1. The minimum absolute atomic E-state index is 0.0205. The van der Waals surface area contributed by atoms with Gasteiger partial charge < -0.3 is 39.4 Å². The molecule has 0 saturated carbocycles. The molecule has 12 heteroatoms. The van der Waals surface area contributed by atoms with E-state index in [0.29, 0.717) is 12.4 Å². The summed E-state index contributed by atoms with van der Waals surface area (Å²) in [6.45, 7) is 3.22. The van der Waals surface area contributed by atoms with Crippen LogP contribution < -0.4 is 9.47 Å². The number of hydrogen-bond acceptors (Lipinski definition) is 11. The third-order valence-electron chi connectivity index (χ3n) is 5.24. The van der Waals surface area contributed by atoms with E-state index in [-0.39, 0.29) is 52.4 Å². The first-order chi connectivity index (χ1) is 19.1. The van der Waals surface area contributed by atoms with Gasteiger partial charge in [-0.3, -0.25) is 0 Å². The van der Waals surface area contributed by atoms with E-state index in [0.717, 1.165) is 18.2 Å². The molecule has 0 amide bonds. The van der Waals surface area contributed by atoms with Gasteiger partial charge in [0.1, 0.15) is 55.0 Å². The van der Waals surface area contributed by atoms with Crippen molar-refractivity contribution in [3.8, 4) is 23.0 Å². The van der Waals surface area contributed by atoms with Crippen molar-refractivity contribution in [3.63, 3.8) is 0 Å². The molecule has 0 heterocycles. The Labute approximate surface area is 231 Å². The fourth-order valence-corrected chi connectivity index (χ4v) is 4.56.